The third-order valence-electron chi connectivity index (χ3n) is 3.07. The smallest absolute Gasteiger partial charge is 0.185 e. The van der Waals surface area contributed by atoms with Crippen LogP contribution in [-0.2, 0) is 4.79 Å². The largest absolute Gasteiger partial charge is 0.316 e. The Labute approximate surface area is 113 Å². The second-order valence-electron chi connectivity index (χ2n) is 4.24. The number of rotatable bonds is 3. The highest BCUT2D eigenvalue weighted by molar-refractivity contribution is 8.13. The number of thioether (sulfide) groups is 1. The van der Waals surface area contributed by atoms with Crippen molar-refractivity contribution in [3.63, 3.8) is 0 Å². The van der Waals surface area contributed by atoms with Gasteiger partial charge in [0.05, 0.1) is 0 Å². The Morgan fingerprint density at radius 1 is 1.35 bits per heavy atom. The second-order valence-corrected chi connectivity index (χ2v) is 5.44. The van der Waals surface area contributed by atoms with Gasteiger partial charge in [0.15, 0.2) is 5.12 Å². The van der Waals surface area contributed by atoms with E-state index in [1.807, 2.05) is 6.07 Å². The van der Waals surface area contributed by atoms with Crippen LogP contribution in [0.1, 0.15) is 18.4 Å². The molecular weight excluding hydrogens is 254 g/mol. The number of carbonyl (C=O) groups is 1. The van der Waals surface area contributed by atoms with Crippen molar-refractivity contribution in [2.75, 3.05) is 18.8 Å². The molecule has 1 aromatic carbocycles. The quantitative estimate of drug-likeness (QED) is 0.917. The van der Waals surface area contributed by atoms with Gasteiger partial charge in [0.1, 0.15) is 0 Å². The Balaban J connectivity index is 0.00000144. The number of halogens is 1. The zero-order valence-corrected chi connectivity index (χ0v) is 11.5. The molecule has 0 bridgehead atoms. The maximum atomic E-state index is 11.0. The van der Waals surface area contributed by atoms with Crippen LogP contribution in [0.2, 0.25) is 0 Å². The standard InChI is InChI=1S/C13H17NOS.ClH/c1-10(15)16-9-12-7-14-8-13(12)11-5-3-2-4-6-11;/h2-6,12-14H,7-9H2,1H3;1H. The van der Waals surface area contributed by atoms with E-state index in [0.29, 0.717) is 11.8 Å². The van der Waals surface area contributed by atoms with Crippen LogP contribution in [0.3, 0.4) is 0 Å². The monoisotopic (exact) mass is 271 g/mol. The van der Waals surface area contributed by atoms with E-state index in [1.54, 1.807) is 6.92 Å². The molecule has 17 heavy (non-hydrogen) atoms. The molecule has 2 atom stereocenters. The zero-order valence-electron chi connectivity index (χ0n) is 9.89. The van der Waals surface area contributed by atoms with Crippen LogP contribution >= 0.6 is 24.2 Å². The molecule has 1 aliphatic heterocycles. The summed E-state index contributed by atoms with van der Waals surface area (Å²) in [5.74, 6) is 2.08. The molecule has 1 saturated heterocycles. The van der Waals surface area contributed by atoms with Gasteiger partial charge in [0.2, 0.25) is 0 Å². The molecule has 2 unspecified atom stereocenters. The van der Waals surface area contributed by atoms with E-state index in [9.17, 15) is 4.79 Å². The van der Waals surface area contributed by atoms with E-state index in [0.717, 1.165) is 18.8 Å². The number of hydrogen-bond acceptors (Lipinski definition) is 3. The average molecular weight is 272 g/mol. The minimum absolute atomic E-state index is 0. The van der Waals surface area contributed by atoms with Crippen molar-refractivity contribution in [1.29, 1.82) is 0 Å². The summed E-state index contributed by atoms with van der Waals surface area (Å²) < 4.78 is 0. The summed E-state index contributed by atoms with van der Waals surface area (Å²) in [6, 6.07) is 10.6. The number of hydrogen-bond donors (Lipinski definition) is 1. The van der Waals surface area contributed by atoms with E-state index in [1.165, 1.54) is 17.3 Å². The lowest BCUT2D eigenvalue weighted by molar-refractivity contribution is -0.109. The minimum atomic E-state index is 0. The Morgan fingerprint density at radius 3 is 2.71 bits per heavy atom. The van der Waals surface area contributed by atoms with Crippen molar-refractivity contribution in [1.82, 2.24) is 5.32 Å². The molecule has 0 amide bonds. The van der Waals surface area contributed by atoms with Crippen LogP contribution in [0.5, 0.6) is 0 Å². The third kappa shape index (κ3) is 4.02. The first-order valence-electron chi connectivity index (χ1n) is 5.66. The third-order valence-corrected chi connectivity index (χ3v) is 4.07. The predicted octanol–water partition coefficient (Wildman–Crippen LogP) is 2.69. The molecule has 1 N–H and O–H groups in total. The molecule has 0 aromatic heterocycles. The van der Waals surface area contributed by atoms with E-state index in [-0.39, 0.29) is 17.5 Å². The van der Waals surface area contributed by atoms with E-state index in [2.05, 4.69) is 29.6 Å². The fourth-order valence-electron chi connectivity index (χ4n) is 2.22. The van der Waals surface area contributed by atoms with Gasteiger partial charge in [0, 0.05) is 25.1 Å². The highest BCUT2D eigenvalue weighted by Gasteiger charge is 2.28. The lowest BCUT2D eigenvalue weighted by Gasteiger charge is -2.17. The summed E-state index contributed by atoms with van der Waals surface area (Å²) in [6.07, 6.45) is 0. The molecule has 1 aliphatic rings. The van der Waals surface area contributed by atoms with Gasteiger partial charge in [-0.2, -0.15) is 0 Å². The van der Waals surface area contributed by atoms with Crippen LogP contribution in [0.15, 0.2) is 30.3 Å². The molecule has 1 heterocycles. The molecule has 1 fully saturated rings. The van der Waals surface area contributed by atoms with Crippen LogP contribution in [0.4, 0.5) is 0 Å². The molecule has 1 aromatic rings. The van der Waals surface area contributed by atoms with Crippen molar-refractivity contribution in [2.24, 2.45) is 5.92 Å². The normalized spacial score (nSPS) is 23.1. The van der Waals surface area contributed by atoms with Gasteiger partial charge in [-0.25, -0.2) is 0 Å². The molecule has 94 valence electrons. The van der Waals surface area contributed by atoms with Gasteiger partial charge >= 0.3 is 0 Å². The fraction of sp³-hybridized carbons (Fsp3) is 0.462. The van der Waals surface area contributed by atoms with Crippen molar-refractivity contribution in [3.05, 3.63) is 35.9 Å². The highest BCUT2D eigenvalue weighted by Crippen LogP contribution is 2.30. The maximum absolute atomic E-state index is 11.0. The van der Waals surface area contributed by atoms with Crippen molar-refractivity contribution >= 4 is 29.3 Å². The lowest BCUT2D eigenvalue weighted by atomic mass is 9.90. The average Bonchev–Trinajstić information content (AvgIpc) is 2.75. The van der Waals surface area contributed by atoms with Crippen LogP contribution in [0.25, 0.3) is 0 Å². The van der Waals surface area contributed by atoms with E-state index in [4.69, 9.17) is 0 Å². The van der Waals surface area contributed by atoms with Gasteiger partial charge in [-0.3, -0.25) is 4.79 Å². The second kappa shape index (κ2) is 7.04. The van der Waals surface area contributed by atoms with E-state index >= 15 is 0 Å². The molecule has 0 spiro atoms. The molecule has 2 nitrogen and oxygen atoms in total. The number of nitrogens with one attached hydrogen (secondary N) is 1. The molecule has 4 heteroatoms. The van der Waals surface area contributed by atoms with E-state index < -0.39 is 0 Å². The van der Waals surface area contributed by atoms with Crippen molar-refractivity contribution in [2.45, 2.75) is 12.8 Å². The summed E-state index contributed by atoms with van der Waals surface area (Å²) in [4.78, 5) is 11.0. The molecule has 0 aliphatic carbocycles. The molecule has 0 saturated carbocycles. The summed E-state index contributed by atoms with van der Waals surface area (Å²) in [5, 5.41) is 3.64. The summed E-state index contributed by atoms with van der Waals surface area (Å²) >= 11 is 1.45. The van der Waals surface area contributed by atoms with Gasteiger partial charge in [-0.05, 0) is 18.0 Å². The zero-order chi connectivity index (χ0) is 11.4. The first-order valence-corrected chi connectivity index (χ1v) is 6.65. The molecule has 0 radical (unpaired) electrons. The highest BCUT2D eigenvalue weighted by atomic mass is 35.5. The van der Waals surface area contributed by atoms with Crippen LogP contribution < -0.4 is 5.32 Å². The number of benzene rings is 1. The topological polar surface area (TPSA) is 29.1 Å². The lowest BCUT2D eigenvalue weighted by Crippen LogP contribution is -2.14. The first-order chi connectivity index (χ1) is 7.77. The van der Waals surface area contributed by atoms with Gasteiger partial charge in [-0.15, -0.1) is 12.4 Å². The summed E-state index contributed by atoms with van der Waals surface area (Å²) in [5.41, 5.74) is 1.39. The fourth-order valence-corrected chi connectivity index (χ4v) is 3.02. The molecular formula is C13H18ClNOS. The Kier molecular flexibility index (Phi) is 6.03. The van der Waals surface area contributed by atoms with Gasteiger partial charge in [0.25, 0.3) is 0 Å². The van der Waals surface area contributed by atoms with Gasteiger partial charge < -0.3 is 5.32 Å². The van der Waals surface area contributed by atoms with Crippen molar-refractivity contribution in [3.8, 4) is 0 Å². The van der Waals surface area contributed by atoms with Crippen LogP contribution in [0, 0.1) is 5.92 Å². The van der Waals surface area contributed by atoms with Crippen molar-refractivity contribution < 1.29 is 4.79 Å². The Hall–Kier alpha value is -0.510. The Morgan fingerprint density at radius 2 is 2.06 bits per heavy atom. The maximum Gasteiger partial charge on any atom is 0.185 e. The number of carbonyl (C=O) groups excluding carboxylic acids is 1. The van der Waals surface area contributed by atoms with Gasteiger partial charge in [-0.1, -0.05) is 42.1 Å². The first kappa shape index (κ1) is 14.6. The minimum Gasteiger partial charge on any atom is -0.316 e. The Bertz CT molecular complexity index is 358. The molecule has 2 rings (SSSR count). The van der Waals surface area contributed by atoms with Crippen LogP contribution in [-0.4, -0.2) is 24.0 Å². The summed E-state index contributed by atoms with van der Waals surface area (Å²) in [6.45, 7) is 3.71. The predicted molar refractivity (Wildman–Crippen MR) is 75.9 cm³/mol. The SMILES string of the molecule is CC(=O)SCC1CNCC1c1ccccc1.Cl. The summed E-state index contributed by atoms with van der Waals surface area (Å²) in [7, 11) is 0.